The number of carbonyl (C=O) groups is 3. The first kappa shape index (κ1) is 21.9. The maximum Gasteiger partial charge on any atom is 0.339 e. The molecule has 2 aromatic rings. The zero-order valence-electron chi connectivity index (χ0n) is 15.5. The topological polar surface area (TPSA) is 107 Å². The summed E-state index contributed by atoms with van der Waals surface area (Å²) in [7, 11) is 1.56. The molecule has 0 fully saturated rings. The van der Waals surface area contributed by atoms with E-state index in [4.69, 9.17) is 9.47 Å². The number of aromatic nitrogens is 1. The van der Waals surface area contributed by atoms with Crippen LogP contribution in [0.4, 0.5) is 5.13 Å². The average molecular weight is 424 g/mol. The number of carbonyl (C=O) groups excluding carboxylic acids is 3. The zero-order valence-corrected chi connectivity index (χ0v) is 17.2. The summed E-state index contributed by atoms with van der Waals surface area (Å²) in [5, 5.41) is 7.54. The van der Waals surface area contributed by atoms with Gasteiger partial charge in [-0.15, -0.1) is 23.1 Å². The second kappa shape index (κ2) is 11.4. The van der Waals surface area contributed by atoms with E-state index in [9.17, 15) is 14.4 Å². The van der Waals surface area contributed by atoms with Gasteiger partial charge in [0, 0.05) is 23.9 Å². The summed E-state index contributed by atoms with van der Waals surface area (Å²) in [6, 6.07) is 6.77. The Balaban J connectivity index is 1.85. The molecule has 0 atom stereocenters. The zero-order chi connectivity index (χ0) is 20.4. The normalized spacial score (nSPS) is 10.4. The molecule has 0 bridgehead atoms. The number of aryl methyl sites for hydroxylation is 1. The Morgan fingerprint density at radius 2 is 2.00 bits per heavy atom. The van der Waals surface area contributed by atoms with Crippen LogP contribution in [0.15, 0.2) is 34.5 Å². The minimum atomic E-state index is -0.631. The van der Waals surface area contributed by atoms with Gasteiger partial charge in [0.25, 0.3) is 5.91 Å². The van der Waals surface area contributed by atoms with Crippen molar-refractivity contribution in [2.45, 2.75) is 11.8 Å². The molecule has 2 rings (SSSR count). The van der Waals surface area contributed by atoms with E-state index < -0.39 is 18.5 Å². The molecular weight excluding hydrogens is 402 g/mol. The summed E-state index contributed by atoms with van der Waals surface area (Å²) in [6.45, 7) is 2.25. The fraction of sp³-hybridized carbons (Fsp3) is 0.333. The van der Waals surface area contributed by atoms with E-state index in [1.807, 2.05) is 6.92 Å². The minimum absolute atomic E-state index is 0.151. The van der Waals surface area contributed by atoms with E-state index in [1.165, 1.54) is 23.1 Å². The Bertz CT molecular complexity index is 825. The van der Waals surface area contributed by atoms with Gasteiger partial charge in [-0.05, 0) is 19.1 Å². The van der Waals surface area contributed by atoms with Crippen LogP contribution in [0, 0.1) is 6.92 Å². The van der Waals surface area contributed by atoms with Crippen LogP contribution in [-0.2, 0) is 19.1 Å². The number of benzene rings is 1. The number of nitrogens with zero attached hydrogens (tertiary/aromatic N) is 1. The summed E-state index contributed by atoms with van der Waals surface area (Å²) in [5.41, 5.74) is 1.10. The number of thiazole rings is 1. The van der Waals surface area contributed by atoms with Crippen LogP contribution >= 0.6 is 23.1 Å². The largest absolute Gasteiger partial charge is 0.452 e. The standard InChI is InChI=1S/C18H21N3O5S2/c1-12-10-28-18(20-12)21-15(22)9-26-17(24)13-5-3-4-6-14(13)27-11-16(23)19-7-8-25-2/h3-6,10H,7-9,11H2,1-2H3,(H,19,23)(H,20,21,22). The van der Waals surface area contributed by atoms with Gasteiger partial charge in [-0.3, -0.25) is 14.9 Å². The number of methoxy groups -OCH3 is 1. The van der Waals surface area contributed by atoms with Crippen LogP contribution in [0.25, 0.3) is 0 Å². The van der Waals surface area contributed by atoms with Gasteiger partial charge in [0.15, 0.2) is 11.7 Å². The average Bonchev–Trinajstić information content (AvgIpc) is 3.09. The number of anilines is 1. The van der Waals surface area contributed by atoms with Crippen molar-refractivity contribution in [2.24, 2.45) is 0 Å². The highest BCUT2D eigenvalue weighted by Gasteiger charge is 2.16. The van der Waals surface area contributed by atoms with E-state index in [2.05, 4.69) is 15.6 Å². The van der Waals surface area contributed by atoms with Crippen LogP contribution in [-0.4, -0.2) is 55.4 Å². The van der Waals surface area contributed by atoms with Crippen molar-refractivity contribution in [1.82, 2.24) is 10.3 Å². The number of thioether (sulfide) groups is 1. The van der Waals surface area contributed by atoms with Crippen molar-refractivity contribution in [3.63, 3.8) is 0 Å². The lowest BCUT2D eigenvalue weighted by atomic mass is 10.2. The van der Waals surface area contributed by atoms with Crippen LogP contribution < -0.4 is 10.6 Å². The Hall–Kier alpha value is -2.43. The molecule has 0 spiro atoms. The highest BCUT2D eigenvalue weighted by Crippen LogP contribution is 2.23. The molecule has 0 unspecified atom stereocenters. The first-order valence-corrected chi connectivity index (χ1v) is 10.2. The maximum atomic E-state index is 12.3. The molecule has 1 aromatic heterocycles. The molecular formula is C18H21N3O5S2. The van der Waals surface area contributed by atoms with Crippen LogP contribution in [0.3, 0.4) is 0 Å². The first-order chi connectivity index (χ1) is 13.5. The lowest BCUT2D eigenvalue weighted by Crippen LogP contribution is -2.28. The SMILES string of the molecule is COCCNC(=O)CSc1ccccc1C(=O)OCC(=O)Nc1nc(C)cs1. The predicted octanol–water partition coefficient (Wildman–Crippen LogP) is 2.10. The second-order valence-corrected chi connectivity index (χ2v) is 7.42. The number of amides is 2. The lowest BCUT2D eigenvalue weighted by Gasteiger charge is -2.09. The molecule has 1 heterocycles. The molecule has 1 aromatic carbocycles. The fourth-order valence-corrected chi connectivity index (χ4v) is 3.60. The lowest BCUT2D eigenvalue weighted by molar-refractivity contribution is -0.119. The quantitative estimate of drug-likeness (QED) is 0.342. The molecule has 0 aliphatic carbocycles. The molecule has 0 saturated carbocycles. The van der Waals surface area contributed by atoms with Gasteiger partial charge in [-0.1, -0.05) is 12.1 Å². The Morgan fingerprint density at radius 3 is 2.71 bits per heavy atom. The van der Waals surface area contributed by atoms with E-state index in [0.717, 1.165) is 5.69 Å². The third kappa shape index (κ3) is 7.29. The first-order valence-electron chi connectivity index (χ1n) is 8.36. The molecule has 10 heteroatoms. The Kier molecular flexibility index (Phi) is 8.92. The number of hydrogen-bond donors (Lipinski definition) is 2. The summed E-state index contributed by atoms with van der Waals surface area (Å²) in [6.07, 6.45) is 0. The molecule has 2 N–H and O–H groups in total. The van der Waals surface area contributed by atoms with Crippen molar-refractivity contribution in [3.8, 4) is 0 Å². The number of nitrogens with one attached hydrogen (secondary N) is 2. The summed E-state index contributed by atoms with van der Waals surface area (Å²) in [4.78, 5) is 40.7. The van der Waals surface area contributed by atoms with Gasteiger partial charge in [-0.2, -0.15) is 0 Å². The third-order valence-electron chi connectivity index (χ3n) is 3.29. The molecule has 2 amide bonds. The summed E-state index contributed by atoms with van der Waals surface area (Å²) < 4.78 is 9.96. The van der Waals surface area contributed by atoms with Crippen LogP contribution in [0.2, 0.25) is 0 Å². The minimum Gasteiger partial charge on any atom is -0.452 e. The smallest absolute Gasteiger partial charge is 0.339 e. The number of ether oxygens (including phenoxy) is 2. The van der Waals surface area contributed by atoms with Crippen molar-refractivity contribution in [2.75, 3.05) is 37.9 Å². The monoisotopic (exact) mass is 423 g/mol. The van der Waals surface area contributed by atoms with E-state index in [0.29, 0.717) is 28.7 Å². The second-order valence-electron chi connectivity index (χ2n) is 5.55. The Labute approximate surface area is 171 Å². The van der Waals surface area contributed by atoms with E-state index in [1.54, 1.807) is 36.8 Å². The van der Waals surface area contributed by atoms with E-state index in [-0.39, 0.29) is 11.7 Å². The van der Waals surface area contributed by atoms with Gasteiger partial charge in [0.05, 0.1) is 23.6 Å². The fourth-order valence-electron chi connectivity index (χ4n) is 2.02. The number of rotatable bonds is 10. The highest BCUT2D eigenvalue weighted by atomic mass is 32.2. The van der Waals surface area contributed by atoms with Gasteiger partial charge < -0.3 is 14.8 Å². The van der Waals surface area contributed by atoms with Crippen molar-refractivity contribution < 1.29 is 23.9 Å². The van der Waals surface area contributed by atoms with Gasteiger partial charge >= 0.3 is 5.97 Å². The van der Waals surface area contributed by atoms with Crippen molar-refractivity contribution in [1.29, 1.82) is 0 Å². The third-order valence-corrected chi connectivity index (χ3v) is 5.24. The molecule has 0 saturated heterocycles. The summed E-state index contributed by atoms with van der Waals surface area (Å²) in [5.74, 6) is -1.11. The predicted molar refractivity (Wildman–Crippen MR) is 108 cm³/mol. The maximum absolute atomic E-state index is 12.3. The molecule has 8 nitrogen and oxygen atoms in total. The molecule has 150 valence electrons. The van der Waals surface area contributed by atoms with Gasteiger partial charge in [-0.25, -0.2) is 9.78 Å². The molecule has 0 radical (unpaired) electrons. The van der Waals surface area contributed by atoms with Crippen molar-refractivity contribution >= 4 is 46.0 Å². The van der Waals surface area contributed by atoms with Crippen molar-refractivity contribution in [3.05, 3.63) is 40.9 Å². The number of hydrogen-bond acceptors (Lipinski definition) is 8. The van der Waals surface area contributed by atoms with Crippen LogP contribution in [0.1, 0.15) is 16.1 Å². The number of esters is 1. The Morgan fingerprint density at radius 1 is 1.21 bits per heavy atom. The van der Waals surface area contributed by atoms with Gasteiger partial charge in [0.1, 0.15) is 0 Å². The summed E-state index contributed by atoms with van der Waals surface area (Å²) >= 11 is 2.51. The van der Waals surface area contributed by atoms with Crippen LogP contribution in [0.5, 0.6) is 0 Å². The van der Waals surface area contributed by atoms with E-state index >= 15 is 0 Å². The molecule has 0 aliphatic heterocycles. The van der Waals surface area contributed by atoms with Gasteiger partial charge in [0.2, 0.25) is 5.91 Å². The molecule has 28 heavy (non-hydrogen) atoms. The highest BCUT2D eigenvalue weighted by molar-refractivity contribution is 8.00. The molecule has 0 aliphatic rings.